The summed E-state index contributed by atoms with van der Waals surface area (Å²) < 4.78 is 16.9. The van der Waals surface area contributed by atoms with Gasteiger partial charge in [-0.2, -0.15) is 0 Å². The van der Waals surface area contributed by atoms with E-state index in [-0.39, 0.29) is 0 Å². The summed E-state index contributed by atoms with van der Waals surface area (Å²) in [5, 5.41) is 0.476. The normalized spacial score (nSPS) is 15.9. The Morgan fingerprint density at radius 2 is 1.44 bits per heavy atom. The maximum absolute atomic E-state index is 5.62. The zero-order valence-corrected chi connectivity index (χ0v) is 14.7. The van der Waals surface area contributed by atoms with E-state index in [1.807, 2.05) is 0 Å². The lowest BCUT2D eigenvalue weighted by Gasteiger charge is -2.35. The average Bonchev–Trinajstić information content (AvgIpc) is 2.19. The first kappa shape index (κ1) is 16.7. The van der Waals surface area contributed by atoms with Gasteiger partial charge in [0, 0.05) is 26.6 Å². The Bertz CT molecular complexity index is 185. The predicted molar refractivity (Wildman–Crippen MR) is 77.1 cm³/mol. The average molecular weight is 282 g/mol. The fraction of sp³-hybridized carbons (Fsp3) is 1.00. The van der Waals surface area contributed by atoms with Crippen LogP contribution < -0.4 is 0 Å². The Kier molecular flexibility index (Phi) is 7.58. The van der Waals surface area contributed by atoms with E-state index in [1.165, 1.54) is 0 Å². The van der Waals surface area contributed by atoms with Crippen molar-refractivity contribution in [2.45, 2.75) is 44.7 Å². The molecule has 0 bridgehead atoms. The van der Waals surface area contributed by atoms with E-state index >= 15 is 0 Å². The van der Waals surface area contributed by atoms with E-state index in [9.17, 15) is 0 Å². The number of hydrogen-bond donors (Lipinski definition) is 0. The van der Waals surface area contributed by atoms with E-state index in [1.54, 1.807) is 21.3 Å². The molecule has 0 saturated heterocycles. The molecule has 0 aliphatic heterocycles. The summed E-state index contributed by atoms with van der Waals surface area (Å²) in [5.74, 6) is 0. The largest absolute Gasteiger partial charge is 0.507 e. The van der Waals surface area contributed by atoms with Crippen molar-refractivity contribution < 1.29 is 13.3 Å². The lowest BCUT2D eigenvalue weighted by molar-refractivity contribution is 0.120. The quantitative estimate of drug-likeness (QED) is 0.506. The summed E-state index contributed by atoms with van der Waals surface area (Å²) in [4.78, 5) is 0. The van der Waals surface area contributed by atoms with Gasteiger partial charge in [0.05, 0.1) is 7.74 Å². The van der Waals surface area contributed by atoms with Gasteiger partial charge in [-0.15, -0.1) is 8.13 Å². The molecule has 0 saturated carbocycles. The molecule has 0 radical (unpaired) electrons. The van der Waals surface area contributed by atoms with Gasteiger partial charge >= 0.3 is 8.80 Å². The van der Waals surface area contributed by atoms with Gasteiger partial charge in [-0.1, -0.05) is 33.0 Å². The molecule has 2 atom stereocenters. The van der Waals surface area contributed by atoms with Crippen molar-refractivity contribution >= 4 is 24.7 Å². The monoisotopic (exact) mass is 282 g/mol. The Labute approximate surface area is 104 Å². The van der Waals surface area contributed by atoms with Crippen LogP contribution in [0.1, 0.15) is 19.8 Å². The SMILES string of the molecule is CCCC(P[Si](C)(C)C)[Si](OC)(OC)OC. The van der Waals surface area contributed by atoms with Crippen LogP contribution >= 0.6 is 8.13 Å². The zero-order chi connectivity index (χ0) is 12.8. The highest BCUT2D eigenvalue weighted by Gasteiger charge is 2.48. The van der Waals surface area contributed by atoms with Crippen molar-refractivity contribution in [3.05, 3.63) is 0 Å². The third kappa shape index (κ3) is 4.94. The summed E-state index contributed by atoms with van der Waals surface area (Å²) in [6, 6.07) is 0. The molecular formula is C10H27O3PSi2. The first-order chi connectivity index (χ1) is 7.35. The molecule has 0 aromatic heterocycles. The Morgan fingerprint density at radius 3 is 1.69 bits per heavy atom. The van der Waals surface area contributed by atoms with Gasteiger partial charge in [0.25, 0.3) is 0 Å². The van der Waals surface area contributed by atoms with Gasteiger partial charge in [0.15, 0.2) is 0 Å². The van der Waals surface area contributed by atoms with Crippen molar-refractivity contribution in [2.75, 3.05) is 21.3 Å². The standard InChI is InChI=1S/C10H27O3PSi2/c1-8-9-10(14-15(5,6)7)16(11-2,12-3)13-4/h10,14H,8-9H2,1-7H3. The summed E-state index contributed by atoms with van der Waals surface area (Å²) in [7, 11) is 2.57. The molecule has 2 unspecified atom stereocenters. The zero-order valence-electron chi connectivity index (χ0n) is 11.7. The highest BCUT2D eigenvalue weighted by Crippen LogP contribution is 2.40. The minimum absolute atomic E-state index is 0.476. The Morgan fingerprint density at radius 1 is 1.00 bits per heavy atom. The highest BCUT2D eigenvalue weighted by molar-refractivity contribution is 7.83. The molecule has 0 heterocycles. The Balaban J connectivity index is 4.84. The highest BCUT2D eigenvalue weighted by atomic mass is 31.3. The van der Waals surface area contributed by atoms with Crippen LogP contribution in [0.4, 0.5) is 0 Å². The van der Waals surface area contributed by atoms with E-state index in [4.69, 9.17) is 13.3 Å². The molecule has 3 nitrogen and oxygen atoms in total. The molecule has 0 aliphatic rings. The predicted octanol–water partition coefficient (Wildman–Crippen LogP) is 3.09. The first-order valence-corrected chi connectivity index (χ1v) is 13.2. The molecule has 0 rings (SSSR count). The lowest BCUT2D eigenvalue weighted by Crippen LogP contribution is -2.53. The van der Waals surface area contributed by atoms with Gasteiger partial charge in [-0.25, -0.2) is 0 Å². The third-order valence-corrected chi connectivity index (χ3v) is 12.8. The van der Waals surface area contributed by atoms with Gasteiger partial charge in [0.2, 0.25) is 0 Å². The van der Waals surface area contributed by atoms with Crippen molar-refractivity contribution in [3.8, 4) is 0 Å². The molecule has 0 N–H and O–H groups in total. The summed E-state index contributed by atoms with van der Waals surface area (Å²) in [5.41, 5.74) is 0. The lowest BCUT2D eigenvalue weighted by atomic mass is 10.4. The maximum Gasteiger partial charge on any atom is 0.507 e. The molecule has 0 aromatic carbocycles. The van der Waals surface area contributed by atoms with Crippen LogP contribution in [0.15, 0.2) is 0 Å². The topological polar surface area (TPSA) is 27.7 Å². The maximum atomic E-state index is 5.62. The van der Waals surface area contributed by atoms with E-state index in [0.717, 1.165) is 21.0 Å². The molecule has 98 valence electrons. The van der Waals surface area contributed by atoms with Crippen LogP contribution in [-0.4, -0.2) is 43.2 Å². The van der Waals surface area contributed by atoms with Crippen molar-refractivity contribution in [3.63, 3.8) is 0 Å². The van der Waals surface area contributed by atoms with Crippen LogP contribution in [0.3, 0.4) is 0 Å². The number of rotatable bonds is 8. The molecule has 0 aromatic rings. The second kappa shape index (κ2) is 7.24. The second-order valence-electron chi connectivity index (χ2n) is 4.95. The molecule has 16 heavy (non-hydrogen) atoms. The minimum atomic E-state index is -2.43. The van der Waals surface area contributed by atoms with Gasteiger partial charge in [0.1, 0.15) is 0 Å². The molecule has 0 aliphatic carbocycles. The van der Waals surface area contributed by atoms with E-state index < -0.39 is 16.5 Å². The van der Waals surface area contributed by atoms with Gasteiger partial charge in [-0.3, -0.25) is 0 Å². The van der Waals surface area contributed by atoms with E-state index in [0.29, 0.717) is 5.28 Å². The minimum Gasteiger partial charge on any atom is -0.376 e. The molecule has 6 heteroatoms. The van der Waals surface area contributed by atoms with Gasteiger partial charge < -0.3 is 13.3 Å². The summed E-state index contributed by atoms with van der Waals surface area (Å²) in [6.45, 7) is 9.40. The van der Waals surface area contributed by atoms with Crippen molar-refractivity contribution in [2.24, 2.45) is 0 Å². The van der Waals surface area contributed by atoms with Crippen LogP contribution in [0.25, 0.3) is 0 Å². The fourth-order valence-corrected chi connectivity index (χ4v) is 16.1. The molecular weight excluding hydrogens is 255 g/mol. The van der Waals surface area contributed by atoms with Crippen LogP contribution in [-0.2, 0) is 13.3 Å². The smallest absolute Gasteiger partial charge is 0.376 e. The van der Waals surface area contributed by atoms with Crippen LogP contribution in [0.2, 0.25) is 19.6 Å². The van der Waals surface area contributed by atoms with Crippen LogP contribution in [0, 0.1) is 0 Å². The number of hydrogen-bond acceptors (Lipinski definition) is 3. The summed E-state index contributed by atoms with van der Waals surface area (Å²) in [6.07, 6.45) is 2.30. The van der Waals surface area contributed by atoms with Crippen LogP contribution in [0.5, 0.6) is 0 Å². The van der Waals surface area contributed by atoms with E-state index in [2.05, 4.69) is 26.6 Å². The van der Waals surface area contributed by atoms with Crippen molar-refractivity contribution in [1.82, 2.24) is 0 Å². The molecule has 0 amide bonds. The Hall–Kier alpha value is 0.744. The third-order valence-electron chi connectivity index (χ3n) is 2.46. The first-order valence-electron chi connectivity index (χ1n) is 5.78. The fourth-order valence-electron chi connectivity index (χ4n) is 1.83. The molecule has 0 fully saturated rings. The molecule has 0 spiro atoms. The van der Waals surface area contributed by atoms with Crippen molar-refractivity contribution in [1.29, 1.82) is 0 Å². The summed E-state index contributed by atoms with van der Waals surface area (Å²) >= 11 is 0. The second-order valence-corrected chi connectivity index (χ2v) is 19.5. The van der Waals surface area contributed by atoms with Gasteiger partial charge in [-0.05, 0) is 6.42 Å².